The fourth-order valence-corrected chi connectivity index (χ4v) is 4.37. The van der Waals surface area contributed by atoms with Gasteiger partial charge in [-0.15, -0.1) is 0 Å². The molecule has 0 fully saturated rings. The van der Waals surface area contributed by atoms with E-state index in [0.717, 1.165) is 20.3 Å². The number of amides is 1. The number of aryl methyl sites for hydroxylation is 2. The van der Waals surface area contributed by atoms with Crippen LogP contribution in [0.25, 0.3) is 6.08 Å². The van der Waals surface area contributed by atoms with Gasteiger partial charge in [0.15, 0.2) is 11.5 Å². The lowest BCUT2D eigenvalue weighted by atomic mass is 10.1. The molecule has 0 aliphatic heterocycles. The highest BCUT2D eigenvalue weighted by Crippen LogP contribution is 2.36. The first-order chi connectivity index (χ1) is 16.2. The van der Waals surface area contributed by atoms with Crippen LogP contribution in [-0.4, -0.2) is 13.0 Å². The lowest BCUT2D eigenvalue weighted by Crippen LogP contribution is -2.14. The van der Waals surface area contributed by atoms with Crippen molar-refractivity contribution in [3.8, 4) is 17.6 Å². The third-order valence-electron chi connectivity index (χ3n) is 4.96. The summed E-state index contributed by atoms with van der Waals surface area (Å²) >= 11 is 14.3. The summed E-state index contributed by atoms with van der Waals surface area (Å²) in [7, 11) is 1.53. The number of nitriles is 1. The Balaban J connectivity index is 1.84. The van der Waals surface area contributed by atoms with Crippen molar-refractivity contribution in [3.63, 3.8) is 0 Å². The van der Waals surface area contributed by atoms with Gasteiger partial charge >= 0.3 is 0 Å². The Hall–Kier alpha value is -2.73. The van der Waals surface area contributed by atoms with Crippen LogP contribution in [0.5, 0.6) is 11.5 Å². The Labute approximate surface area is 222 Å². The number of hydrogen-bond donors (Lipinski definition) is 1. The van der Waals surface area contributed by atoms with Crippen LogP contribution in [-0.2, 0) is 11.4 Å². The van der Waals surface area contributed by atoms with Gasteiger partial charge in [-0.1, -0.05) is 41.4 Å². The summed E-state index contributed by atoms with van der Waals surface area (Å²) in [6.07, 6.45) is 1.52. The van der Waals surface area contributed by atoms with Gasteiger partial charge in [0, 0.05) is 21.3 Å². The third-order valence-corrected chi connectivity index (χ3v) is 6.34. The molecule has 0 aliphatic carbocycles. The van der Waals surface area contributed by atoms with Gasteiger partial charge in [0.2, 0.25) is 0 Å². The van der Waals surface area contributed by atoms with E-state index in [4.69, 9.17) is 32.7 Å². The maximum Gasteiger partial charge on any atom is 0.266 e. The zero-order chi connectivity index (χ0) is 24.8. The molecule has 0 spiro atoms. The molecule has 0 saturated heterocycles. The Morgan fingerprint density at radius 3 is 2.59 bits per heavy atom. The van der Waals surface area contributed by atoms with Crippen LogP contribution >= 0.6 is 45.8 Å². The molecule has 0 aliphatic rings. The Morgan fingerprint density at radius 1 is 1.15 bits per heavy atom. The van der Waals surface area contributed by atoms with E-state index < -0.39 is 5.91 Å². The number of carbonyl (C=O) groups excluding carboxylic acids is 1. The number of hydrogen-bond acceptors (Lipinski definition) is 4. The van der Waals surface area contributed by atoms with Crippen LogP contribution in [0.4, 0.5) is 5.69 Å². The summed E-state index contributed by atoms with van der Waals surface area (Å²) in [5.41, 5.74) is 3.98. The van der Waals surface area contributed by atoms with Crippen molar-refractivity contribution >= 4 is 63.5 Å². The second-order valence-corrected chi connectivity index (χ2v) is 9.51. The van der Waals surface area contributed by atoms with E-state index in [9.17, 15) is 10.1 Å². The molecule has 3 aromatic rings. The van der Waals surface area contributed by atoms with E-state index in [1.807, 2.05) is 44.2 Å². The molecule has 8 heteroatoms. The molecule has 3 rings (SSSR count). The molecule has 3 aromatic carbocycles. The van der Waals surface area contributed by atoms with Gasteiger partial charge in [0.25, 0.3) is 5.91 Å². The minimum absolute atomic E-state index is 0.0274. The van der Waals surface area contributed by atoms with E-state index in [1.54, 1.807) is 24.3 Å². The van der Waals surface area contributed by atoms with Crippen molar-refractivity contribution in [2.45, 2.75) is 20.5 Å². The molecule has 0 unspecified atom stereocenters. The van der Waals surface area contributed by atoms with E-state index >= 15 is 0 Å². The maximum absolute atomic E-state index is 12.8. The number of methoxy groups -OCH3 is 1. The van der Waals surface area contributed by atoms with Crippen molar-refractivity contribution in [2.24, 2.45) is 0 Å². The molecule has 1 amide bonds. The monoisotopic (exact) mass is 606 g/mol. The first-order valence-corrected chi connectivity index (χ1v) is 12.0. The number of benzene rings is 3. The number of anilines is 1. The second-order valence-electron chi connectivity index (χ2n) is 7.50. The van der Waals surface area contributed by atoms with Gasteiger partial charge < -0.3 is 14.8 Å². The van der Waals surface area contributed by atoms with Crippen molar-refractivity contribution in [1.82, 2.24) is 0 Å². The molecule has 0 heterocycles. The predicted molar refractivity (Wildman–Crippen MR) is 145 cm³/mol. The van der Waals surface area contributed by atoms with Crippen molar-refractivity contribution in [1.29, 1.82) is 5.26 Å². The van der Waals surface area contributed by atoms with Crippen molar-refractivity contribution in [3.05, 3.63) is 90.0 Å². The molecule has 34 heavy (non-hydrogen) atoms. The molecule has 0 saturated carbocycles. The van der Waals surface area contributed by atoms with E-state index in [1.165, 1.54) is 13.2 Å². The van der Waals surface area contributed by atoms with Crippen LogP contribution < -0.4 is 14.8 Å². The smallest absolute Gasteiger partial charge is 0.266 e. The SMILES string of the molecule is COc1cc(/C=C(/C#N)C(=O)Nc2cc(C)ccc2C)cc(I)c1OCc1ccc(Cl)cc1Cl. The summed E-state index contributed by atoms with van der Waals surface area (Å²) < 4.78 is 12.2. The summed E-state index contributed by atoms with van der Waals surface area (Å²) in [6.45, 7) is 4.06. The van der Waals surface area contributed by atoms with Crippen LogP contribution in [0.1, 0.15) is 22.3 Å². The van der Waals surface area contributed by atoms with Gasteiger partial charge in [0.05, 0.1) is 10.7 Å². The predicted octanol–water partition coefficient (Wildman–Crippen LogP) is 7.35. The zero-order valence-corrected chi connectivity index (χ0v) is 22.4. The highest BCUT2D eigenvalue weighted by atomic mass is 127. The van der Waals surface area contributed by atoms with Gasteiger partial charge in [0.1, 0.15) is 18.2 Å². The summed E-state index contributed by atoms with van der Waals surface area (Å²) in [5.74, 6) is 0.517. The maximum atomic E-state index is 12.8. The lowest BCUT2D eigenvalue weighted by molar-refractivity contribution is -0.112. The molecule has 5 nitrogen and oxygen atoms in total. The van der Waals surface area contributed by atoms with Gasteiger partial charge in [-0.05, 0) is 89.5 Å². The van der Waals surface area contributed by atoms with Crippen LogP contribution in [0, 0.1) is 28.7 Å². The third kappa shape index (κ3) is 6.44. The summed E-state index contributed by atoms with van der Waals surface area (Å²) in [6, 6.07) is 16.5. The molecule has 0 radical (unpaired) electrons. The number of nitrogens with one attached hydrogen (secondary N) is 1. The van der Waals surface area contributed by atoms with Gasteiger partial charge in [-0.2, -0.15) is 5.26 Å². The molecule has 174 valence electrons. The fraction of sp³-hybridized carbons (Fsp3) is 0.154. The fourth-order valence-electron chi connectivity index (χ4n) is 3.13. The first-order valence-electron chi connectivity index (χ1n) is 10.2. The second kappa shape index (κ2) is 11.6. The Kier molecular flexibility index (Phi) is 8.84. The normalized spacial score (nSPS) is 11.0. The number of carbonyl (C=O) groups is 1. The Morgan fingerprint density at radius 2 is 1.91 bits per heavy atom. The molecule has 0 atom stereocenters. The van der Waals surface area contributed by atoms with Gasteiger partial charge in [-0.3, -0.25) is 4.79 Å². The standard InChI is InChI=1S/C26H21Cl2IN2O3/c1-15-4-5-16(2)23(8-15)31-26(32)19(13-30)9-17-10-22(29)25(24(11-17)33-3)34-14-18-6-7-20(27)12-21(18)28/h4-12H,14H2,1-3H3,(H,31,32)/b19-9-. The average Bonchev–Trinajstić information content (AvgIpc) is 2.79. The first kappa shape index (κ1) is 25.9. The number of halogens is 3. The summed E-state index contributed by atoms with van der Waals surface area (Å²) in [5, 5.41) is 13.5. The molecular formula is C26H21Cl2IN2O3. The van der Waals surface area contributed by atoms with E-state index in [-0.39, 0.29) is 12.2 Å². The largest absolute Gasteiger partial charge is 0.493 e. The minimum atomic E-state index is -0.483. The van der Waals surface area contributed by atoms with Crippen LogP contribution in [0.3, 0.4) is 0 Å². The molecular weight excluding hydrogens is 586 g/mol. The van der Waals surface area contributed by atoms with Gasteiger partial charge in [-0.25, -0.2) is 0 Å². The number of nitrogens with zero attached hydrogens (tertiary/aromatic N) is 1. The molecule has 0 aromatic heterocycles. The quantitative estimate of drug-likeness (QED) is 0.173. The van der Waals surface area contributed by atoms with E-state index in [0.29, 0.717) is 32.8 Å². The van der Waals surface area contributed by atoms with Crippen LogP contribution in [0.2, 0.25) is 10.0 Å². The topological polar surface area (TPSA) is 71.3 Å². The minimum Gasteiger partial charge on any atom is -0.493 e. The Bertz CT molecular complexity index is 1320. The molecule has 1 N–H and O–H groups in total. The highest BCUT2D eigenvalue weighted by molar-refractivity contribution is 14.1. The van der Waals surface area contributed by atoms with Crippen LogP contribution in [0.15, 0.2) is 54.1 Å². The number of ether oxygens (including phenoxy) is 2. The lowest BCUT2D eigenvalue weighted by Gasteiger charge is -2.14. The van der Waals surface area contributed by atoms with Crippen molar-refractivity contribution in [2.75, 3.05) is 12.4 Å². The van der Waals surface area contributed by atoms with E-state index in [2.05, 4.69) is 27.9 Å². The summed E-state index contributed by atoms with van der Waals surface area (Å²) in [4.78, 5) is 12.8. The average molecular weight is 607 g/mol. The highest BCUT2D eigenvalue weighted by Gasteiger charge is 2.15. The van der Waals surface area contributed by atoms with Crippen molar-refractivity contribution < 1.29 is 14.3 Å². The molecule has 0 bridgehead atoms. The number of rotatable bonds is 7. The zero-order valence-electron chi connectivity index (χ0n) is 18.7.